The van der Waals surface area contributed by atoms with Crippen LogP contribution in [0.5, 0.6) is 0 Å². The summed E-state index contributed by atoms with van der Waals surface area (Å²) in [6.07, 6.45) is 19.3. The van der Waals surface area contributed by atoms with Gasteiger partial charge in [-0.3, -0.25) is 9.59 Å². The molecule has 4 rings (SSSR count). The number of unbranched alkanes of at least 4 members (excludes halogenated alkanes) is 1. The number of fused-ring (bicyclic) bond motifs is 5. The van der Waals surface area contributed by atoms with Gasteiger partial charge in [0.1, 0.15) is 5.78 Å². The number of nitrogens with zero attached hydrogens (tertiary/aromatic N) is 1. The maximum atomic E-state index is 14.0. The molecule has 0 aromatic rings. The van der Waals surface area contributed by atoms with Gasteiger partial charge in [0.05, 0.1) is 0 Å². The Balaban J connectivity index is 1.31. The molecule has 0 saturated heterocycles. The van der Waals surface area contributed by atoms with Crippen LogP contribution in [0.4, 0.5) is 0 Å². The Labute approximate surface area is 278 Å². The minimum Gasteiger partial charge on any atom is -0.356 e. The van der Waals surface area contributed by atoms with Gasteiger partial charge >= 0.3 is 0 Å². The first-order valence-corrected chi connectivity index (χ1v) is 19.6. The highest BCUT2D eigenvalue weighted by Crippen LogP contribution is 2.68. The summed E-state index contributed by atoms with van der Waals surface area (Å²) in [6, 6.07) is 0.748. The average molecular weight is 628 g/mol. The van der Waals surface area contributed by atoms with Crippen LogP contribution in [0.15, 0.2) is 0 Å². The van der Waals surface area contributed by atoms with E-state index in [1.165, 1.54) is 83.5 Å². The Morgan fingerprint density at radius 1 is 0.889 bits per heavy atom. The van der Waals surface area contributed by atoms with E-state index in [1.54, 1.807) is 0 Å². The number of nitrogens with one attached hydrogen (secondary N) is 2. The van der Waals surface area contributed by atoms with Crippen molar-refractivity contribution in [3.05, 3.63) is 0 Å². The molecule has 2 N–H and O–H groups in total. The molecule has 0 bridgehead atoms. The summed E-state index contributed by atoms with van der Waals surface area (Å²) in [5.41, 5.74) is 0.776. The van der Waals surface area contributed by atoms with Gasteiger partial charge in [-0.05, 0) is 131 Å². The van der Waals surface area contributed by atoms with Crippen LogP contribution in [0, 0.1) is 58.2 Å². The Bertz CT molecular complexity index is 954. The van der Waals surface area contributed by atoms with Crippen LogP contribution in [-0.2, 0) is 9.59 Å². The first-order chi connectivity index (χ1) is 21.5. The minimum atomic E-state index is -0.140. The van der Waals surface area contributed by atoms with Gasteiger partial charge < -0.3 is 15.5 Å². The molecule has 1 amide bonds. The number of carbonyl (C=O) groups is 2. The Morgan fingerprint density at radius 2 is 1.62 bits per heavy atom. The van der Waals surface area contributed by atoms with Gasteiger partial charge in [0.25, 0.3) is 0 Å². The second-order valence-corrected chi connectivity index (χ2v) is 17.1. The molecule has 11 atom stereocenters. The fourth-order valence-electron chi connectivity index (χ4n) is 11.8. The lowest BCUT2D eigenvalue weighted by Crippen LogP contribution is -2.55. The smallest absolute Gasteiger partial charge is 0.220 e. The van der Waals surface area contributed by atoms with E-state index in [-0.39, 0.29) is 23.2 Å². The quantitative estimate of drug-likeness (QED) is 0.159. The average Bonchev–Trinajstić information content (AvgIpc) is 3.38. The largest absolute Gasteiger partial charge is 0.356 e. The molecule has 4 aliphatic carbocycles. The highest BCUT2D eigenvalue weighted by Gasteiger charge is 2.61. The number of ketones is 1. The second kappa shape index (κ2) is 16.4. The molecular formula is C40H73N3O2. The third-order valence-electron chi connectivity index (χ3n) is 14.7. The molecule has 260 valence electrons. The van der Waals surface area contributed by atoms with Gasteiger partial charge in [0.15, 0.2) is 0 Å². The third kappa shape index (κ3) is 8.21. The highest BCUT2D eigenvalue weighted by atomic mass is 16.2. The summed E-state index contributed by atoms with van der Waals surface area (Å²) < 4.78 is 0. The maximum Gasteiger partial charge on any atom is 0.220 e. The molecule has 45 heavy (non-hydrogen) atoms. The predicted molar refractivity (Wildman–Crippen MR) is 189 cm³/mol. The molecule has 0 heterocycles. The van der Waals surface area contributed by atoms with Crippen LogP contribution >= 0.6 is 0 Å². The number of carbonyl (C=O) groups excluding carboxylic acids is 2. The van der Waals surface area contributed by atoms with Crippen LogP contribution in [0.3, 0.4) is 0 Å². The van der Waals surface area contributed by atoms with Gasteiger partial charge in [0, 0.05) is 43.9 Å². The molecule has 0 aromatic carbocycles. The fraction of sp³-hybridized carbons (Fsp3) is 0.950. The van der Waals surface area contributed by atoms with Gasteiger partial charge in [-0.2, -0.15) is 0 Å². The number of rotatable bonds is 17. The lowest BCUT2D eigenvalue weighted by Gasteiger charge is -2.62. The molecule has 5 heteroatoms. The topological polar surface area (TPSA) is 61.4 Å². The zero-order chi connectivity index (χ0) is 32.8. The molecule has 4 aliphatic rings. The normalized spacial score (nSPS) is 36.5. The van der Waals surface area contributed by atoms with E-state index in [2.05, 4.69) is 71.2 Å². The number of hydrogen-bond acceptors (Lipinski definition) is 4. The molecular weight excluding hydrogens is 554 g/mol. The zero-order valence-corrected chi connectivity index (χ0v) is 30.9. The SMILES string of the molecule is CCCC(C)CCCCNC(=O)CC(CC)C(=O)C(C)C1CCC2C3CCC4CC(N(C)CCNC)CCC4(C)C3CCC12C. The summed E-state index contributed by atoms with van der Waals surface area (Å²) in [5.74, 6) is 4.97. The van der Waals surface area contributed by atoms with Crippen LogP contribution < -0.4 is 10.6 Å². The van der Waals surface area contributed by atoms with Crippen molar-refractivity contribution in [2.24, 2.45) is 58.2 Å². The van der Waals surface area contributed by atoms with E-state index in [0.717, 1.165) is 68.1 Å². The Kier molecular flexibility index (Phi) is 13.5. The minimum absolute atomic E-state index is 0.0601. The van der Waals surface area contributed by atoms with E-state index >= 15 is 0 Å². The predicted octanol–water partition coefficient (Wildman–Crippen LogP) is 8.51. The van der Waals surface area contributed by atoms with Crippen molar-refractivity contribution in [3.8, 4) is 0 Å². The van der Waals surface area contributed by atoms with Gasteiger partial charge in [-0.1, -0.05) is 67.2 Å². The lowest BCUT2D eigenvalue weighted by atomic mass is 9.44. The van der Waals surface area contributed by atoms with Crippen molar-refractivity contribution in [1.29, 1.82) is 0 Å². The first kappa shape index (κ1) is 36.9. The van der Waals surface area contributed by atoms with E-state index in [1.807, 2.05) is 0 Å². The van der Waals surface area contributed by atoms with Crippen molar-refractivity contribution < 1.29 is 9.59 Å². The van der Waals surface area contributed by atoms with Crippen molar-refractivity contribution in [2.75, 3.05) is 33.7 Å². The summed E-state index contributed by atoms with van der Waals surface area (Å²) in [6.45, 7) is 17.2. The molecule has 0 spiro atoms. The number of amides is 1. The first-order valence-electron chi connectivity index (χ1n) is 19.6. The van der Waals surface area contributed by atoms with Crippen LogP contribution in [-0.4, -0.2) is 56.4 Å². The van der Waals surface area contributed by atoms with Crippen LogP contribution in [0.1, 0.15) is 144 Å². The van der Waals surface area contributed by atoms with E-state index in [4.69, 9.17) is 0 Å². The summed E-state index contributed by atoms with van der Waals surface area (Å²) in [4.78, 5) is 29.5. The van der Waals surface area contributed by atoms with E-state index < -0.39 is 0 Å². The van der Waals surface area contributed by atoms with Crippen molar-refractivity contribution in [1.82, 2.24) is 15.5 Å². The monoisotopic (exact) mass is 628 g/mol. The molecule has 4 fully saturated rings. The second-order valence-electron chi connectivity index (χ2n) is 17.1. The number of hydrogen-bond donors (Lipinski definition) is 2. The Hall–Kier alpha value is -0.940. The zero-order valence-electron chi connectivity index (χ0n) is 30.9. The molecule has 11 unspecified atom stereocenters. The molecule has 0 aliphatic heterocycles. The van der Waals surface area contributed by atoms with Crippen molar-refractivity contribution in [3.63, 3.8) is 0 Å². The summed E-state index contributed by atoms with van der Waals surface area (Å²) >= 11 is 0. The summed E-state index contributed by atoms with van der Waals surface area (Å²) in [7, 11) is 4.41. The van der Waals surface area contributed by atoms with Gasteiger partial charge in [-0.15, -0.1) is 0 Å². The summed E-state index contributed by atoms with van der Waals surface area (Å²) in [5, 5.41) is 6.48. The number of likely N-dealkylation sites (N-methyl/N-ethyl adjacent to an activating group) is 2. The van der Waals surface area contributed by atoms with E-state index in [0.29, 0.717) is 23.5 Å². The third-order valence-corrected chi connectivity index (χ3v) is 14.7. The maximum absolute atomic E-state index is 14.0. The van der Waals surface area contributed by atoms with Crippen LogP contribution in [0.2, 0.25) is 0 Å². The molecule has 4 saturated carbocycles. The fourth-order valence-corrected chi connectivity index (χ4v) is 11.8. The molecule has 0 aromatic heterocycles. The molecule has 0 radical (unpaired) electrons. The highest BCUT2D eigenvalue weighted by molar-refractivity contribution is 5.88. The van der Waals surface area contributed by atoms with Crippen molar-refractivity contribution >= 4 is 11.7 Å². The van der Waals surface area contributed by atoms with Gasteiger partial charge in [-0.25, -0.2) is 0 Å². The van der Waals surface area contributed by atoms with Gasteiger partial charge in [0.2, 0.25) is 5.91 Å². The molecule has 5 nitrogen and oxygen atoms in total. The van der Waals surface area contributed by atoms with Crippen LogP contribution in [0.25, 0.3) is 0 Å². The van der Waals surface area contributed by atoms with Crippen molar-refractivity contribution in [2.45, 2.75) is 150 Å². The standard InChI is InChI=1S/C40H73N3O2/c1-9-13-28(3)14-11-12-23-42-37(44)26-30(10-2)38(45)29(4)34-17-18-35-33-16-15-31-27-32(43(8)25-24-41-7)19-21-39(31,5)36(33)20-22-40(34,35)6/h28-36,41H,9-27H2,1-8H3,(H,42,44). The van der Waals surface area contributed by atoms with E-state index in [9.17, 15) is 9.59 Å². The lowest BCUT2D eigenvalue weighted by molar-refractivity contribution is -0.138. The Morgan fingerprint density at radius 3 is 2.33 bits per heavy atom. The number of Topliss-reactive ketones (excluding diaryl/α,β-unsaturated/α-hetero) is 1.